The van der Waals surface area contributed by atoms with E-state index in [-0.39, 0.29) is 17.1 Å². The van der Waals surface area contributed by atoms with Crippen LogP contribution in [0, 0.1) is 0 Å². The van der Waals surface area contributed by atoms with Gasteiger partial charge >= 0.3 is 6.18 Å². The van der Waals surface area contributed by atoms with Gasteiger partial charge in [-0.1, -0.05) is 6.07 Å². The first kappa shape index (κ1) is 16.4. The molecule has 0 unspecified atom stereocenters. The molecular formula is C14H14F3N3OS. The first-order valence-corrected chi connectivity index (χ1v) is 7.37. The lowest BCUT2D eigenvalue weighted by Gasteiger charge is -2.13. The molecular weight excluding hydrogens is 315 g/mol. The quantitative estimate of drug-likeness (QED) is 0.858. The van der Waals surface area contributed by atoms with E-state index < -0.39 is 17.6 Å². The fourth-order valence-electron chi connectivity index (χ4n) is 1.89. The van der Waals surface area contributed by atoms with Crippen LogP contribution in [0.15, 0.2) is 35.5 Å². The zero-order valence-corrected chi connectivity index (χ0v) is 12.5. The van der Waals surface area contributed by atoms with Gasteiger partial charge in [0.1, 0.15) is 0 Å². The number of alkyl halides is 3. The summed E-state index contributed by atoms with van der Waals surface area (Å²) in [6.07, 6.45) is -1.27. The Morgan fingerprint density at radius 2 is 2.09 bits per heavy atom. The minimum atomic E-state index is -4.47. The molecule has 0 aliphatic carbocycles. The molecule has 1 heterocycles. The molecule has 2 N–H and O–H groups in total. The molecule has 1 aromatic heterocycles. The number of aryl methyl sites for hydroxylation is 1. The van der Waals surface area contributed by atoms with Crippen LogP contribution in [-0.2, 0) is 18.0 Å². The largest absolute Gasteiger partial charge is 0.417 e. The smallest absolute Gasteiger partial charge is 0.370 e. The van der Waals surface area contributed by atoms with E-state index in [4.69, 9.17) is 5.73 Å². The fourth-order valence-corrected chi connectivity index (χ4v) is 2.91. The van der Waals surface area contributed by atoms with Gasteiger partial charge in [0.25, 0.3) is 0 Å². The average molecular weight is 329 g/mol. The lowest BCUT2D eigenvalue weighted by Crippen LogP contribution is -2.11. The summed E-state index contributed by atoms with van der Waals surface area (Å²) in [4.78, 5) is 10.8. The van der Waals surface area contributed by atoms with Gasteiger partial charge in [-0.05, 0) is 17.7 Å². The number of amides is 1. The third-order valence-corrected chi connectivity index (χ3v) is 4.00. The van der Waals surface area contributed by atoms with Gasteiger partial charge in [0.15, 0.2) is 0 Å². The Kier molecular flexibility index (Phi) is 4.80. The van der Waals surface area contributed by atoms with Crippen molar-refractivity contribution in [3.05, 3.63) is 36.2 Å². The summed E-state index contributed by atoms with van der Waals surface area (Å²) in [7, 11) is 1.70. The first-order valence-electron chi connectivity index (χ1n) is 6.39. The number of rotatable bonds is 5. The van der Waals surface area contributed by atoms with Crippen molar-refractivity contribution in [2.24, 2.45) is 12.8 Å². The van der Waals surface area contributed by atoms with Crippen molar-refractivity contribution in [3.8, 4) is 11.1 Å². The third-order valence-electron chi connectivity index (χ3n) is 2.93. The highest BCUT2D eigenvalue weighted by Gasteiger charge is 2.34. The molecule has 8 heteroatoms. The Morgan fingerprint density at radius 1 is 1.36 bits per heavy atom. The summed E-state index contributed by atoms with van der Waals surface area (Å²) in [5.41, 5.74) is 5.34. The third kappa shape index (κ3) is 4.03. The number of aromatic nitrogens is 2. The Bertz CT molecular complexity index is 682. The van der Waals surface area contributed by atoms with E-state index in [1.165, 1.54) is 16.9 Å². The monoisotopic (exact) mass is 329 g/mol. The van der Waals surface area contributed by atoms with Gasteiger partial charge in [-0.15, -0.1) is 11.8 Å². The molecule has 0 bridgehead atoms. The van der Waals surface area contributed by atoms with Crippen LogP contribution in [0.1, 0.15) is 12.0 Å². The maximum atomic E-state index is 13.2. The normalized spacial score (nSPS) is 11.6. The number of nitrogens with two attached hydrogens (primary N) is 1. The molecule has 0 atom stereocenters. The zero-order chi connectivity index (χ0) is 16.3. The molecule has 4 nitrogen and oxygen atoms in total. The lowest BCUT2D eigenvalue weighted by molar-refractivity contribution is -0.139. The van der Waals surface area contributed by atoms with Gasteiger partial charge < -0.3 is 5.73 Å². The van der Waals surface area contributed by atoms with Crippen LogP contribution in [0.25, 0.3) is 11.1 Å². The van der Waals surface area contributed by atoms with Gasteiger partial charge in [-0.3, -0.25) is 9.48 Å². The van der Waals surface area contributed by atoms with Gasteiger partial charge in [0.05, 0.1) is 11.8 Å². The molecule has 1 aromatic carbocycles. The summed E-state index contributed by atoms with van der Waals surface area (Å²) in [5.74, 6) is -0.321. The minimum Gasteiger partial charge on any atom is -0.370 e. The summed E-state index contributed by atoms with van der Waals surface area (Å²) >= 11 is 0.970. The second-order valence-corrected chi connectivity index (χ2v) is 5.81. The highest BCUT2D eigenvalue weighted by molar-refractivity contribution is 7.99. The molecule has 0 aliphatic heterocycles. The van der Waals surface area contributed by atoms with E-state index in [9.17, 15) is 18.0 Å². The number of hydrogen-bond acceptors (Lipinski definition) is 3. The predicted molar refractivity (Wildman–Crippen MR) is 78.2 cm³/mol. The summed E-state index contributed by atoms with van der Waals surface area (Å²) in [5, 5.41) is 3.96. The summed E-state index contributed by atoms with van der Waals surface area (Å²) in [6, 6.07) is 4.12. The van der Waals surface area contributed by atoms with Crippen LogP contribution in [0.4, 0.5) is 13.2 Å². The maximum Gasteiger partial charge on any atom is 0.417 e. The van der Waals surface area contributed by atoms with E-state index in [1.807, 2.05) is 0 Å². The number of benzene rings is 1. The molecule has 22 heavy (non-hydrogen) atoms. The van der Waals surface area contributed by atoms with Crippen LogP contribution in [-0.4, -0.2) is 21.4 Å². The van der Waals surface area contributed by atoms with E-state index in [2.05, 4.69) is 5.10 Å². The summed E-state index contributed by atoms with van der Waals surface area (Å²) < 4.78 is 41.2. The van der Waals surface area contributed by atoms with Gasteiger partial charge in [-0.25, -0.2) is 0 Å². The molecule has 0 aliphatic rings. The molecule has 0 spiro atoms. The van der Waals surface area contributed by atoms with Gasteiger partial charge in [-0.2, -0.15) is 18.3 Å². The Balaban J connectivity index is 2.32. The van der Waals surface area contributed by atoms with Crippen LogP contribution in [0.3, 0.4) is 0 Å². The number of thioether (sulfide) groups is 1. The number of hydrogen-bond donors (Lipinski definition) is 1. The highest BCUT2D eigenvalue weighted by Crippen LogP contribution is 2.39. The molecule has 0 radical (unpaired) electrons. The number of carbonyl (C=O) groups excluding carboxylic acids is 1. The van der Waals surface area contributed by atoms with Gasteiger partial charge in [0, 0.05) is 35.9 Å². The molecule has 0 fully saturated rings. The summed E-state index contributed by atoms with van der Waals surface area (Å²) in [6.45, 7) is 0. The van der Waals surface area contributed by atoms with Crippen LogP contribution >= 0.6 is 11.8 Å². The van der Waals surface area contributed by atoms with E-state index >= 15 is 0 Å². The second kappa shape index (κ2) is 6.43. The van der Waals surface area contributed by atoms with E-state index in [0.717, 1.165) is 17.8 Å². The number of carbonyl (C=O) groups is 1. The predicted octanol–water partition coefficient (Wildman–Crippen LogP) is 3.07. The zero-order valence-electron chi connectivity index (χ0n) is 11.7. The standard InChI is InChI=1S/C14H14F3N3OS/c1-20-8-10(7-19-20)9-2-3-12(22-5-4-13(18)21)11(6-9)14(15,16)17/h2-3,6-8H,4-5H2,1H3,(H2,18,21). The van der Waals surface area contributed by atoms with Crippen molar-refractivity contribution in [1.29, 1.82) is 0 Å². The SMILES string of the molecule is Cn1cc(-c2ccc(SCCC(N)=O)c(C(F)(F)F)c2)cn1. The van der Waals surface area contributed by atoms with Crippen molar-refractivity contribution in [1.82, 2.24) is 9.78 Å². The van der Waals surface area contributed by atoms with Crippen LogP contribution < -0.4 is 5.73 Å². The van der Waals surface area contributed by atoms with Gasteiger partial charge in [0.2, 0.25) is 5.91 Å². The van der Waals surface area contributed by atoms with Crippen molar-refractivity contribution in [3.63, 3.8) is 0 Å². The number of halogens is 3. The Morgan fingerprint density at radius 3 is 2.64 bits per heavy atom. The lowest BCUT2D eigenvalue weighted by atomic mass is 10.1. The van der Waals surface area contributed by atoms with Crippen LogP contribution in [0.5, 0.6) is 0 Å². The number of nitrogens with zero attached hydrogens (tertiary/aromatic N) is 2. The van der Waals surface area contributed by atoms with Crippen molar-refractivity contribution in [2.75, 3.05) is 5.75 Å². The van der Waals surface area contributed by atoms with Crippen molar-refractivity contribution in [2.45, 2.75) is 17.5 Å². The Labute approximate surface area is 129 Å². The molecule has 0 saturated carbocycles. The van der Waals surface area contributed by atoms with Crippen LogP contribution in [0.2, 0.25) is 0 Å². The highest BCUT2D eigenvalue weighted by atomic mass is 32.2. The van der Waals surface area contributed by atoms with E-state index in [0.29, 0.717) is 11.1 Å². The molecule has 0 saturated heterocycles. The fraction of sp³-hybridized carbons (Fsp3) is 0.286. The topological polar surface area (TPSA) is 60.9 Å². The molecule has 2 aromatic rings. The van der Waals surface area contributed by atoms with Crippen molar-refractivity contribution >= 4 is 17.7 Å². The molecule has 1 amide bonds. The van der Waals surface area contributed by atoms with E-state index in [1.54, 1.807) is 19.3 Å². The molecule has 118 valence electrons. The molecule has 2 rings (SSSR count). The average Bonchev–Trinajstić information content (AvgIpc) is 2.84. The number of primary amides is 1. The Hall–Kier alpha value is -1.96. The van der Waals surface area contributed by atoms with Crippen molar-refractivity contribution < 1.29 is 18.0 Å². The minimum absolute atomic E-state index is 0.0340. The second-order valence-electron chi connectivity index (χ2n) is 4.68. The first-order chi connectivity index (χ1) is 10.3. The maximum absolute atomic E-state index is 13.2.